The van der Waals surface area contributed by atoms with Crippen LogP contribution in [0.5, 0.6) is 0 Å². The highest BCUT2D eigenvalue weighted by Gasteiger charge is 2.19. The summed E-state index contributed by atoms with van der Waals surface area (Å²) < 4.78 is 0. The maximum atomic E-state index is 4.61. The van der Waals surface area contributed by atoms with E-state index in [2.05, 4.69) is 82.1 Å². The van der Waals surface area contributed by atoms with E-state index < -0.39 is 0 Å². The van der Waals surface area contributed by atoms with Crippen LogP contribution in [0.3, 0.4) is 0 Å². The minimum Gasteiger partial charge on any atom is -0.369 e. The van der Waals surface area contributed by atoms with Gasteiger partial charge < -0.3 is 5.32 Å². The third-order valence-electron chi connectivity index (χ3n) is 6.39. The van der Waals surface area contributed by atoms with E-state index in [4.69, 9.17) is 0 Å². The Balaban J connectivity index is 1.34. The molecule has 1 fully saturated rings. The summed E-state index contributed by atoms with van der Waals surface area (Å²) in [6.45, 7) is 12.0. The molecule has 1 aromatic heterocycles. The van der Waals surface area contributed by atoms with Crippen molar-refractivity contribution in [3.63, 3.8) is 0 Å². The van der Waals surface area contributed by atoms with Crippen LogP contribution in [0.15, 0.2) is 104 Å². The summed E-state index contributed by atoms with van der Waals surface area (Å²) >= 11 is 0. The number of hydrogen-bond donors (Lipinski definition) is 1. The Bertz CT molecular complexity index is 1100. The smallest absolute Gasteiger partial charge is 0.149 e. The molecule has 0 saturated carbocycles. The number of anilines is 1. The van der Waals surface area contributed by atoms with Crippen molar-refractivity contribution in [1.82, 2.24) is 15.1 Å². The first-order chi connectivity index (χ1) is 16.7. The fraction of sp³-hybridized carbons (Fsp3) is 0.267. The Hall–Kier alpha value is -3.50. The Labute approximate surface area is 203 Å². The number of likely N-dealkylation sites (tertiary alicyclic amines) is 1. The van der Waals surface area contributed by atoms with Crippen molar-refractivity contribution in [2.75, 3.05) is 31.5 Å². The van der Waals surface area contributed by atoms with Crippen LogP contribution in [0.25, 0.3) is 22.4 Å². The molecule has 1 aliphatic heterocycles. The highest BCUT2D eigenvalue weighted by atomic mass is 15.2. The molecule has 0 amide bonds. The summed E-state index contributed by atoms with van der Waals surface area (Å²) in [7, 11) is 0. The molecule has 4 nitrogen and oxygen atoms in total. The maximum Gasteiger partial charge on any atom is 0.149 e. The summed E-state index contributed by atoms with van der Waals surface area (Å²) in [5.74, 6) is 1.58. The zero-order valence-electron chi connectivity index (χ0n) is 19.9. The van der Waals surface area contributed by atoms with Crippen LogP contribution in [0, 0.1) is 5.92 Å². The molecule has 34 heavy (non-hydrogen) atoms. The van der Waals surface area contributed by atoms with E-state index in [0.717, 1.165) is 72.3 Å². The Morgan fingerprint density at radius 1 is 0.971 bits per heavy atom. The number of benzene rings is 2. The van der Waals surface area contributed by atoms with Crippen LogP contribution >= 0.6 is 0 Å². The van der Waals surface area contributed by atoms with Gasteiger partial charge in [0.2, 0.25) is 0 Å². The summed E-state index contributed by atoms with van der Waals surface area (Å²) in [6.07, 6.45) is 9.42. The molecule has 2 aromatic carbocycles. The van der Waals surface area contributed by atoms with E-state index in [1.807, 2.05) is 30.3 Å². The topological polar surface area (TPSA) is 41.0 Å². The van der Waals surface area contributed by atoms with Crippen molar-refractivity contribution >= 4 is 5.82 Å². The highest BCUT2D eigenvalue weighted by molar-refractivity contribution is 5.81. The van der Waals surface area contributed by atoms with Gasteiger partial charge in [0.1, 0.15) is 11.5 Å². The zero-order valence-corrected chi connectivity index (χ0v) is 19.9. The van der Waals surface area contributed by atoms with Gasteiger partial charge in [-0.3, -0.25) is 4.90 Å². The predicted molar refractivity (Wildman–Crippen MR) is 144 cm³/mol. The molecule has 4 rings (SSSR count). The molecule has 4 heteroatoms. The Morgan fingerprint density at radius 2 is 1.65 bits per heavy atom. The Kier molecular flexibility index (Phi) is 8.42. The second kappa shape index (κ2) is 12.1. The van der Waals surface area contributed by atoms with Crippen LogP contribution in [-0.2, 0) is 0 Å². The van der Waals surface area contributed by atoms with Crippen molar-refractivity contribution in [3.05, 3.63) is 104 Å². The monoisotopic (exact) mass is 450 g/mol. The molecule has 1 saturated heterocycles. The summed E-state index contributed by atoms with van der Waals surface area (Å²) in [4.78, 5) is 2.50. The van der Waals surface area contributed by atoms with Crippen molar-refractivity contribution in [3.8, 4) is 22.4 Å². The van der Waals surface area contributed by atoms with E-state index in [1.54, 1.807) is 6.08 Å². The second-order valence-electron chi connectivity index (χ2n) is 8.91. The minimum absolute atomic E-state index is 0.742. The van der Waals surface area contributed by atoms with Gasteiger partial charge in [0, 0.05) is 24.2 Å². The molecule has 0 aliphatic carbocycles. The van der Waals surface area contributed by atoms with E-state index in [0.29, 0.717) is 0 Å². The largest absolute Gasteiger partial charge is 0.369 e. The molecule has 3 aromatic rings. The van der Waals surface area contributed by atoms with Crippen LogP contribution in [0.4, 0.5) is 5.82 Å². The van der Waals surface area contributed by atoms with Gasteiger partial charge in [0.25, 0.3) is 0 Å². The van der Waals surface area contributed by atoms with Gasteiger partial charge in [0.05, 0.1) is 0 Å². The minimum atomic E-state index is 0.742. The average molecular weight is 451 g/mol. The fourth-order valence-electron chi connectivity index (χ4n) is 4.51. The normalized spacial score (nSPS) is 14.8. The van der Waals surface area contributed by atoms with Gasteiger partial charge in [-0.25, -0.2) is 0 Å². The molecule has 2 heterocycles. The second-order valence-corrected chi connectivity index (χ2v) is 8.91. The predicted octanol–water partition coefficient (Wildman–Crippen LogP) is 6.62. The first kappa shape index (κ1) is 23.7. The van der Waals surface area contributed by atoms with Crippen molar-refractivity contribution < 1.29 is 0 Å². The molecular weight excluding hydrogens is 416 g/mol. The van der Waals surface area contributed by atoms with E-state index in [-0.39, 0.29) is 0 Å². The summed E-state index contributed by atoms with van der Waals surface area (Å²) in [5, 5.41) is 12.6. The van der Waals surface area contributed by atoms with Gasteiger partial charge in [-0.15, -0.1) is 10.2 Å². The molecule has 174 valence electrons. The molecule has 0 spiro atoms. The van der Waals surface area contributed by atoms with Gasteiger partial charge in [-0.1, -0.05) is 92.0 Å². The summed E-state index contributed by atoms with van der Waals surface area (Å²) in [5.41, 5.74) is 5.38. The lowest BCUT2D eigenvalue weighted by Crippen LogP contribution is -2.35. The van der Waals surface area contributed by atoms with E-state index >= 15 is 0 Å². The molecule has 0 unspecified atom stereocenters. The average Bonchev–Trinajstić information content (AvgIpc) is 2.89. The van der Waals surface area contributed by atoms with Crippen molar-refractivity contribution in [2.24, 2.45) is 5.92 Å². The van der Waals surface area contributed by atoms with Gasteiger partial charge in [0.15, 0.2) is 0 Å². The lowest BCUT2D eigenvalue weighted by Gasteiger charge is -2.32. The van der Waals surface area contributed by atoms with Crippen molar-refractivity contribution in [1.29, 1.82) is 0 Å². The zero-order chi connectivity index (χ0) is 23.6. The Morgan fingerprint density at radius 3 is 2.32 bits per heavy atom. The first-order valence-corrected chi connectivity index (χ1v) is 12.1. The number of allylic oxidation sites excluding steroid dienone is 2. The summed E-state index contributed by atoms with van der Waals surface area (Å²) in [6, 6.07) is 22.8. The lowest BCUT2D eigenvalue weighted by molar-refractivity contribution is 0.194. The number of nitrogens with one attached hydrogen (secondary N) is 1. The molecule has 0 atom stereocenters. The molecule has 1 aliphatic rings. The SMILES string of the molecule is C=C/C=C\C(=C)CN1CCC(CCNc2cc(-c3ccccc3)c(-c3ccccc3)nn2)CC1. The third-order valence-corrected chi connectivity index (χ3v) is 6.39. The number of piperidine rings is 1. The number of hydrogen-bond acceptors (Lipinski definition) is 4. The number of rotatable bonds is 10. The highest BCUT2D eigenvalue weighted by Crippen LogP contribution is 2.31. The molecular formula is C30H34N4. The lowest BCUT2D eigenvalue weighted by atomic mass is 9.93. The molecule has 1 N–H and O–H groups in total. The quantitative estimate of drug-likeness (QED) is 0.352. The standard InChI is InChI=1S/C30H34N4/c1-3-4-11-24(2)23-34-20-17-25(18-21-34)16-19-31-29-22-28(26-12-7-5-8-13-26)30(33-32-29)27-14-9-6-10-15-27/h3-15,22,25H,1-2,16-21,23H2,(H,31,32)/b11-4-. The van der Waals surface area contributed by atoms with Crippen LogP contribution in [0.2, 0.25) is 0 Å². The van der Waals surface area contributed by atoms with E-state index in [9.17, 15) is 0 Å². The maximum absolute atomic E-state index is 4.61. The third kappa shape index (κ3) is 6.52. The van der Waals surface area contributed by atoms with Gasteiger partial charge >= 0.3 is 0 Å². The van der Waals surface area contributed by atoms with E-state index in [1.165, 1.54) is 12.8 Å². The number of aromatic nitrogens is 2. The van der Waals surface area contributed by atoms with Crippen molar-refractivity contribution in [2.45, 2.75) is 19.3 Å². The van der Waals surface area contributed by atoms with Gasteiger partial charge in [-0.2, -0.15) is 0 Å². The molecule has 0 bridgehead atoms. The fourth-order valence-corrected chi connectivity index (χ4v) is 4.51. The number of nitrogens with zero attached hydrogens (tertiary/aromatic N) is 3. The van der Waals surface area contributed by atoms with Crippen LogP contribution < -0.4 is 5.32 Å². The van der Waals surface area contributed by atoms with Crippen LogP contribution in [0.1, 0.15) is 19.3 Å². The molecule has 0 radical (unpaired) electrons. The van der Waals surface area contributed by atoms with Crippen LogP contribution in [-0.4, -0.2) is 41.3 Å². The van der Waals surface area contributed by atoms with Gasteiger partial charge in [-0.05, 0) is 55.5 Å². The first-order valence-electron chi connectivity index (χ1n) is 12.1.